The highest BCUT2D eigenvalue weighted by Gasteiger charge is 2.21. The van der Waals surface area contributed by atoms with E-state index in [9.17, 15) is 17.2 Å². The van der Waals surface area contributed by atoms with Crippen molar-refractivity contribution in [1.82, 2.24) is 0 Å². The highest BCUT2D eigenvalue weighted by Crippen LogP contribution is 2.38. The van der Waals surface area contributed by atoms with Crippen LogP contribution in [0.2, 0.25) is 5.02 Å². The van der Waals surface area contributed by atoms with Crippen LogP contribution in [0.1, 0.15) is 6.42 Å². The first kappa shape index (κ1) is 16.8. The molecular formula is C15H12ClF2NO4S. The number of hydrogen-bond donors (Lipinski definition) is 1. The summed E-state index contributed by atoms with van der Waals surface area (Å²) in [4.78, 5) is -0.553. The largest absolute Gasteiger partial charge is 0.490 e. The lowest BCUT2D eigenvalue weighted by molar-refractivity contribution is 0.297. The van der Waals surface area contributed by atoms with Crippen molar-refractivity contribution in [2.24, 2.45) is 0 Å². The fourth-order valence-electron chi connectivity index (χ4n) is 2.15. The molecule has 1 heterocycles. The number of hydrogen-bond acceptors (Lipinski definition) is 4. The Hall–Kier alpha value is -2.06. The molecule has 0 saturated heterocycles. The molecule has 24 heavy (non-hydrogen) atoms. The average molecular weight is 376 g/mol. The van der Waals surface area contributed by atoms with Crippen LogP contribution in [0.3, 0.4) is 0 Å². The maximum Gasteiger partial charge on any atom is 0.262 e. The molecule has 0 spiro atoms. The maximum atomic E-state index is 13.3. The predicted octanol–water partition coefficient (Wildman–Crippen LogP) is 3.58. The number of ether oxygens (including phenoxy) is 2. The van der Waals surface area contributed by atoms with E-state index in [1.165, 1.54) is 12.1 Å². The predicted molar refractivity (Wildman–Crippen MR) is 84.2 cm³/mol. The zero-order valence-electron chi connectivity index (χ0n) is 12.2. The third-order valence-electron chi connectivity index (χ3n) is 3.23. The molecule has 3 rings (SSSR count). The van der Waals surface area contributed by atoms with Crippen LogP contribution in [0.15, 0.2) is 35.2 Å². The van der Waals surface area contributed by atoms with Gasteiger partial charge in [0.2, 0.25) is 0 Å². The minimum Gasteiger partial charge on any atom is -0.490 e. The molecule has 128 valence electrons. The number of halogens is 3. The lowest BCUT2D eigenvalue weighted by Crippen LogP contribution is -2.14. The first-order valence-corrected chi connectivity index (χ1v) is 8.79. The second-order valence-corrected chi connectivity index (χ2v) is 7.13. The maximum absolute atomic E-state index is 13.3. The van der Waals surface area contributed by atoms with Crippen molar-refractivity contribution in [3.05, 3.63) is 47.0 Å². The van der Waals surface area contributed by atoms with Crippen LogP contribution in [-0.2, 0) is 10.0 Å². The van der Waals surface area contributed by atoms with E-state index in [0.717, 1.165) is 0 Å². The van der Waals surface area contributed by atoms with Crippen molar-refractivity contribution < 1.29 is 26.7 Å². The molecule has 0 fully saturated rings. The molecule has 0 amide bonds. The Morgan fingerprint density at radius 3 is 2.17 bits per heavy atom. The van der Waals surface area contributed by atoms with Gasteiger partial charge in [-0.25, -0.2) is 17.2 Å². The molecule has 2 aromatic carbocycles. The molecule has 0 radical (unpaired) electrons. The van der Waals surface area contributed by atoms with Crippen molar-refractivity contribution >= 4 is 27.3 Å². The number of fused-ring (bicyclic) bond motifs is 1. The molecule has 2 aromatic rings. The Morgan fingerprint density at radius 1 is 0.958 bits per heavy atom. The molecule has 1 N–H and O–H groups in total. The van der Waals surface area contributed by atoms with E-state index >= 15 is 0 Å². The van der Waals surface area contributed by atoms with Gasteiger partial charge in [0.25, 0.3) is 10.0 Å². The molecule has 0 atom stereocenters. The highest BCUT2D eigenvalue weighted by molar-refractivity contribution is 7.92. The van der Waals surface area contributed by atoms with Crippen LogP contribution in [-0.4, -0.2) is 21.6 Å². The van der Waals surface area contributed by atoms with Crippen LogP contribution < -0.4 is 14.2 Å². The third kappa shape index (κ3) is 3.54. The molecule has 0 unspecified atom stereocenters. The number of benzene rings is 2. The quantitative estimate of drug-likeness (QED) is 0.890. The minimum atomic E-state index is -4.23. The van der Waals surface area contributed by atoms with Gasteiger partial charge >= 0.3 is 0 Å². The van der Waals surface area contributed by atoms with Gasteiger partial charge in [-0.3, -0.25) is 4.72 Å². The molecule has 1 aliphatic heterocycles. The van der Waals surface area contributed by atoms with Crippen LogP contribution in [0.25, 0.3) is 0 Å². The molecule has 5 nitrogen and oxygen atoms in total. The van der Waals surface area contributed by atoms with Gasteiger partial charge in [0, 0.05) is 24.6 Å². The topological polar surface area (TPSA) is 64.6 Å². The second-order valence-electron chi connectivity index (χ2n) is 5.04. The van der Waals surface area contributed by atoms with Crippen LogP contribution in [0.4, 0.5) is 14.5 Å². The second kappa shape index (κ2) is 6.45. The van der Waals surface area contributed by atoms with Crippen molar-refractivity contribution in [1.29, 1.82) is 0 Å². The molecule has 0 aromatic heterocycles. The monoisotopic (exact) mass is 375 g/mol. The van der Waals surface area contributed by atoms with Gasteiger partial charge in [-0.2, -0.15) is 0 Å². The SMILES string of the molecule is O=S(=O)(Nc1cc2c(cc1Cl)OCCCO2)c1cc(F)cc(F)c1. The minimum absolute atomic E-state index is 0.0191. The summed E-state index contributed by atoms with van der Waals surface area (Å²) in [5.74, 6) is -1.27. The summed E-state index contributed by atoms with van der Waals surface area (Å²) >= 11 is 6.06. The first-order valence-electron chi connectivity index (χ1n) is 6.93. The first-order chi connectivity index (χ1) is 11.3. The molecule has 0 bridgehead atoms. The summed E-state index contributed by atoms with van der Waals surface area (Å²) in [5.41, 5.74) is 0.0191. The van der Waals surface area contributed by atoms with Crippen LogP contribution in [0, 0.1) is 11.6 Å². The van der Waals surface area contributed by atoms with Gasteiger partial charge < -0.3 is 9.47 Å². The van der Waals surface area contributed by atoms with E-state index in [-0.39, 0.29) is 10.7 Å². The number of nitrogens with one attached hydrogen (secondary N) is 1. The molecule has 0 aliphatic carbocycles. The van der Waals surface area contributed by atoms with Gasteiger partial charge in [0.1, 0.15) is 11.6 Å². The van der Waals surface area contributed by atoms with E-state index in [1.807, 2.05) is 0 Å². The van der Waals surface area contributed by atoms with Crippen LogP contribution in [0.5, 0.6) is 11.5 Å². The number of rotatable bonds is 3. The van der Waals surface area contributed by atoms with E-state index in [1.54, 1.807) is 0 Å². The zero-order valence-corrected chi connectivity index (χ0v) is 13.8. The normalized spacial score (nSPS) is 14.1. The smallest absolute Gasteiger partial charge is 0.262 e. The van der Waals surface area contributed by atoms with Gasteiger partial charge in [-0.1, -0.05) is 11.6 Å². The Morgan fingerprint density at radius 2 is 1.54 bits per heavy atom. The highest BCUT2D eigenvalue weighted by atomic mass is 35.5. The van der Waals surface area contributed by atoms with E-state index in [4.69, 9.17) is 21.1 Å². The van der Waals surface area contributed by atoms with Crippen LogP contribution >= 0.6 is 11.6 Å². The molecule has 1 aliphatic rings. The zero-order chi connectivity index (χ0) is 17.3. The summed E-state index contributed by atoms with van der Waals surface area (Å²) in [5, 5.41) is 0.0692. The van der Waals surface area contributed by atoms with Crippen molar-refractivity contribution in [2.45, 2.75) is 11.3 Å². The fraction of sp³-hybridized carbons (Fsp3) is 0.200. The summed E-state index contributed by atoms with van der Waals surface area (Å²) in [6, 6.07) is 4.80. The molecule has 9 heteroatoms. The summed E-state index contributed by atoms with van der Waals surface area (Å²) in [7, 11) is -4.23. The standard InChI is InChI=1S/C15H12ClF2NO4S/c16-12-7-14-15(23-3-1-2-22-14)8-13(12)19-24(20,21)11-5-9(17)4-10(18)6-11/h4-8,19H,1-3H2. The Labute approximate surface area is 142 Å². The van der Waals surface area contributed by atoms with E-state index < -0.39 is 26.6 Å². The fourth-order valence-corrected chi connectivity index (χ4v) is 3.52. The lowest BCUT2D eigenvalue weighted by Gasteiger charge is -2.13. The summed E-state index contributed by atoms with van der Waals surface area (Å²) < 4.78 is 64.2. The van der Waals surface area contributed by atoms with Gasteiger partial charge in [0.15, 0.2) is 11.5 Å². The summed E-state index contributed by atoms with van der Waals surface area (Å²) in [6.45, 7) is 0.868. The van der Waals surface area contributed by atoms with Gasteiger partial charge in [0.05, 0.1) is 28.8 Å². The van der Waals surface area contributed by atoms with Crippen molar-refractivity contribution in [2.75, 3.05) is 17.9 Å². The van der Waals surface area contributed by atoms with Crippen molar-refractivity contribution in [3.8, 4) is 11.5 Å². The molecular weight excluding hydrogens is 364 g/mol. The number of sulfonamides is 1. The van der Waals surface area contributed by atoms with Crippen molar-refractivity contribution in [3.63, 3.8) is 0 Å². The Kier molecular flexibility index (Phi) is 4.51. The average Bonchev–Trinajstić information content (AvgIpc) is 2.71. The lowest BCUT2D eigenvalue weighted by atomic mass is 10.3. The Balaban J connectivity index is 1.96. The third-order valence-corrected chi connectivity index (χ3v) is 4.89. The molecule has 0 saturated carbocycles. The number of anilines is 1. The van der Waals surface area contributed by atoms with E-state index in [0.29, 0.717) is 49.3 Å². The van der Waals surface area contributed by atoms with Gasteiger partial charge in [-0.15, -0.1) is 0 Å². The summed E-state index contributed by atoms with van der Waals surface area (Å²) in [6.07, 6.45) is 0.677. The Bertz CT molecular complexity index is 869. The van der Waals surface area contributed by atoms with Gasteiger partial charge in [-0.05, 0) is 12.1 Å². The van der Waals surface area contributed by atoms with E-state index in [2.05, 4.69) is 4.72 Å².